The second-order valence-corrected chi connectivity index (χ2v) is 3.53. The van der Waals surface area contributed by atoms with Crippen LogP contribution in [0.2, 0.25) is 0 Å². The van der Waals surface area contributed by atoms with Crippen molar-refractivity contribution >= 4 is 22.1 Å². The first-order valence-electron chi connectivity index (χ1n) is 4.18. The van der Waals surface area contributed by atoms with Crippen LogP contribution < -0.4 is 4.18 Å². The first kappa shape index (κ1) is 9.95. The molecule has 0 radical (unpaired) electrons. The average Bonchev–Trinajstić information content (AvgIpc) is 2.19. The molecular formula is C10H8O4S. The van der Waals surface area contributed by atoms with Gasteiger partial charge in [0.05, 0.1) is 0 Å². The molecule has 0 aliphatic heterocycles. The monoisotopic (exact) mass is 224 g/mol. The Labute approximate surface area is 88.6 Å². The topological polar surface area (TPSA) is 66.8 Å². The summed E-state index contributed by atoms with van der Waals surface area (Å²) in [6, 6.07) is 9.81. The minimum absolute atomic E-state index is 0.113. The Kier molecular flexibility index (Phi) is 2.57. The molecule has 0 saturated heterocycles. The summed E-state index contributed by atoms with van der Waals surface area (Å²) in [7, 11) is 0. The van der Waals surface area contributed by atoms with E-state index in [1.807, 2.05) is 0 Å². The molecule has 2 rings (SSSR count). The Morgan fingerprint density at radius 2 is 1.73 bits per heavy atom. The van der Waals surface area contributed by atoms with E-state index in [1.54, 1.807) is 36.4 Å². The predicted molar refractivity (Wildman–Crippen MR) is 57.0 cm³/mol. The van der Waals surface area contributed by atoms with E-state index in [2.05, 4.69) is 0 Å². The summed E-state index contributed by atoms with van der Waals surface area (Å²) in [5.41, 5.74) is 0. The van der Waals surface area contributed by atoms with Crippen LogP contribution in [-0.2, 0) is 11.4 Å². The Morgan fingerprint density at radius 3 is 2.47 bits per heavy atom. The smallest absolute Gasteiger partial charge is 0.357 e. The van der Waals surface area contributed by atoms with Crippen LogP contribution >= 0.6 is 0 Å². The quantitative estimate of drug-likeness (QED) is 0.766. The lowest BCUT2D eigenvalue weighted by Gasteiger charge is -2.05. The van der Waals surface area contributed by atoms with Crippen LogP contribution in [-0.4, -0.2) is 13.9 Å². The lowest BCUT2D eigenvalue weighted by atomic mass is 10.1. The summed E-state index contributed by atoms with van der Waals surface area (Å²) < 4.78 is 23.8. The maximum Gasteiger partial charge on any atom is 0.357 e. The highest BCUT2D eigenvalue weighted by Crippen LogP contribution is 2.31. The van der Waals surface area contributed by atoms with E-state index in [0.29, 0.717) is 10.8 Å². The predicted octanol–water partition coefficient (Wildman–Crippen LogP) is 2.06. The van der Waals surface area contributed by atoms with Gasteiger partial charge in [0.25, 0.3) is 0 Å². The third-order valence-electron chi connectivity index (χ3n) is 2.02. The van der Waals surface area contributed by atoms with Crippen molar-refractivity contribution in [3.8, 4) is 11.5 Å². The molecular weight excluding hydrogens is 216 g/mol. The molecule has 15 heavy (non-hydrogen) atoms. The van der Waals surface area contributed by atoms with Gasteiger partial charge in [-0.3, -0.25) is 4.55 Å². The number of hydrogen-bond donors (Lipinski definition) is 2. The normalized spacial score (nSPS) is 12.6. The molecule has 0 amide bonds. The van der Waals surface area contributed by atoms with E-state index in [0.717, 1.165) is 0 Å². The van der Waals surface area contributed by atoms with Gasteiger partial charge in [0, 0.05) is 10.8 Å². The lowest BCUT2D eigenvalue weighted by molar-refractivity contribution is 0.459. The average molecular weight is 224 g/mol. The van der Waals surface area contributed by atoms with Crippen molar-refractivity contribution in [3.05, 3.63) is 36.4 Å². The van der Waals surface area contributed by atoms with Gasteiger partial charge in [0.2, 0.25) is 0 Å². The number of hydrogen-bond acceptors (Lipinski definition) is 3. The molecule has 0 bridgehead atoms. The van der Waals surface area contributed by atoms with Crippen LogP contribution in [0.25, 0.3) is 10.8 Å². The van der Waals surface area contributed by atoms with Crippen LogP contribution in [0.1, 0.15) is 0 Å². The largest absolute Gasteiger partial charge is 0.507 e. The number of fused-ring (bicyclic) bond motifs is 1. The van der Waals surface area contributed by atoms with Crippen molar-refractivity contribution in [1.29, 1.82) is 0 Å². The maximum atomic E-state index is 10.5. The van der Waals surface area contributed by atoms with Crippen molar-refractivity contribution < 1.29 is 18.1 Å². The van der Waals surface area contributed by atoms with Gasteiger partial charge in [-0.2, -0.15) is 4.21 Å². The van der Waals surface area contributed by atoms with Gasteiger partial charge in [-0.15, -0.1) is 0 Å². The molecule has 0 aliphatic carbocycles. The Balaban J connectivity index is 2.65. The van der Waals surface area contributed by atoms with Gasteiger partial charge in [0.15, 0.2) is 5.75 Å². The van der Waals surface area contributed by atoms with Gasteiger partial charge >= 0.3 is 11.4 Å². The van der Waals surface area contributed by atoms with E-state index >= 15 is 0 Å². The van der Waals surface area contributed by atoms with Crippen LogP contribution in [0.3, 0.4) is 0 Å². The molecule has 2 aromatic carbocycles. The van der Waals surface area contributed by atoms with E-state index in [-0.39, 0.29) is 11.5 Å². The Bertz CT molecular complexity index is 524. The molecule has 4 nitrogen and oxygen atoms in total. The minimum Gasteiger partial charge on any atom is -0.507 e. The number of benzene rings is 2. The molecule has 0 aliphatic rings. The van der Waals surface area contributed by atoms with Gasteiger partial charge in [0.1, 0.15) is 5.75 Å². The molecule has 2 aromatic rings. The first-order chi connectivity index (χ1) is 7.18. The fourth-order valence-electron chi connectivity index (χ4n) is 1.41. The second-order valence-electron chi connectivity index (χ2n) is 2.93. The number of rotatable bonds is 2. The molecule has 0 fully saturated rings. The second kappa shape index (κ2) is 3.88. The fraction of sp³-hybridized carbons (Fsp3) is 0. The van der Waals surface area contributed by atoms with Crippen molar-refractivity contribution in [2.24, 2.45) is 0 Å². The highest BCUT2D eigenvalue weighted by Gasteiger charge is 2.06. The van der Waals surface area contributed by atoms with Crippen LogP contribution in [0, 0.1) is 0 Å². The molecule has 0 aromatic heterocycles. The van der Waals surface area contributed by atoms with E-state index in [4.69, 9.17) is 8.74 Å². The summed E-state index contributed by atoms with van der Waals surface area (Å²) >= 11 is -2.36. The lowest BCUT2D eigenvalue weighted by Crippen LogP contribution is -1.97. The zero-order valence-corrected chi connectivity index (χ0v) is 8.40. The number of phenols is 1. The molecule has 0 spiro atoms. The van der Waals surface area contributed by atoms with Crippen molar-refractivity contribution in [3.63, 3.8) is 0 Å². The van der Waals surface area contributed by atoms with E-state index < -0.39 is 11.4 Å². The summed E-state index contributed by atoms with van der Waals surface area (Å²) in [6.45, 7) is 0. The molecule has 5 heteroatoms. The highest BCUT2D eigenvalue weighted by atomic mass is 32.2. The SMILES string of the molecule is O=S(O)Oc1cccc2c(O)cccc12. The zero-order valence-electron chi connectivity index (χ0n) is 7.58. The highest BCUT2D eigenvalue weighted by molar-refractivity contribution is 7.74. The van der Waals surface area contributed by atoms with Gasteiger partial charge in [-0.1, -0.05) is 24.3 Å². The number of phenolic OH excluding ortho intramolecular Hbond substituents is 1. The van der Waals surface area contributed by atoms with Crippen LogP contribution in [0.5, 0.6) is 11.5 Å². The van der Waals surface area contributed by atoms with Gasteiger partial charge in [-0.25, -0.2) is 0 Å². The minimum atomic E-state index is -2.36. The van der Waals surface area contributed by atoms with Crippen LogP contribution in [0.4, 0.5) is 0 Å². The van der Waals surface area contributed by atoms with Crippen molar-refractivity contribution in [2.75, 3.05) is 0 Å². The number of aromatic hydroxyl groups is 1. The van der Waals surface area contributed by atoms with Crippen molar-refractivity contribution in [2.45, 2.75) is 0 Å². The van der Waals surface area contributed by atoms with Crippen molar-refractivity contribution in [1.82, 2.24) is 0 Å². The molecule has 1 atom stereocenters. The third kappa shape index (κ3) is 1.93. The Hall–Kier alpha value is -1.59. The summed E-state index contributed by atoms with van der Waals surface area (Å²) in [5.74, 6) is 0.380. The molecule has 1 unspecified atom stereocenters. The molecule has 0 saturated carbocycles. The third-order valence-corrected chi connectivity index (χ3v) is 2.34. The molecule has 2 N–H and O–H groups in total. The van der Waals surface area contributed by atoms with E-state index in [1.165, 1.54) is 0 Å². The summed E-state index contributed by atoms with van der Waals surface area (Å²) in [4.78, 5) is 0. The van der Waals surface area contributed by atoms with Gasteiger partial charge in [-0.05, 0) is 12.1 Å². The van der Waals surface area contributed by atoms with E-state index in [9.17, 15) is 9.32 Å². The van der Waals surface area contributed by atoms with Gasteiger partial charge < -0.3 is 9.29 Å². The maximum absolute atomic E-state index is 10.5. The standard InChI is InChI=1S/C10H8O4S/c11-9-5-1-4-8-7(9)3-2-6-10(8)14-15(12)13/h1-6,11H,(H,12,13). The van der Waals surface area contributed by atoms with Crippen LogP contribution in [0.15, 0.2) is 36.4 Å². The summed E-state index contributed by atoms with van der Waals surface area (Å²) in [5, 5.41) is 10.7. The Morgan fingerprint density at radius 1 is 1.07 bits per heavy atom. The molecule has 0 heterocycles. The summed E-state index contributed by atoms with van der Waals surface area (Å²) in [6.07, 6.45) is 0. The zero-order chi connectivity index (χ0) is 10.8. The first-order valence-corrected chi connectivity index (χ1v) is 5.21. The fourth-order valence-corrected chi connectivity index (χ4v) is 1.71. The molecule has 78 valence electrons.